The second-order valence-corrected chi connectivity index (χ2v) is 2.11. The highest BCUT2D eigenvalue weighted by Crippen LogP contribution is 2.01. The van der Waals surface area contributed by atoms with Gasteiger partial charge in [-0.2, -0.15) is 0 Å². The molecule has 2 rings (SSSR count). The lowest BCUT2D eigenvalue weighted by Crippen LogP contribution is -1.89. The molecule has 0 unspecified atom stereocenters. The van der Waals surface area contributed by atoms with Crippen LogP contribution in [0.15, 0.2) is 36.9 Å². The Kier molecular flexibility index (Phi) is 1.41. The van der Waals surface area contributed by atoms with Crippen molar-refractivity contribution >= 4 is 0 Å². The summed E-state index contributed by atoms with van der Waals surface area (Å²) in [5.74, 6) is 0. The molecule has 3 nitrogen and oxygen atoms in total. The van der Waals surface area contributed by atoms with E-state index in [9.17, 15) is 0 Å². The first-order chi connectivity index (χ1) is 5.47. The highest BCUT2D eigenvalue weighted by atomic mass is 15.0. The number of nitrogens with zero attached hydrogens (tertiary/aromatic N) is 3. The number of imidazole rings is 1. The molecular weight excluding hydrogens is 138 g/mol. The second kappa shape index (κ2) is 2.54. The SMILES string of the molecule is [c]1nccn1-c1cccnc1. The standard InChI is InChI=1S/C8H6N3/c1-2-8(6-9-3-1)11-5-4-10-7-11/h1-6H. The first-order valence-electron chi connectivity index (χ1n) is 3.28. The van der Waals surface area contributed by atoms with Crippen LogP contribution in [0.2, 0.25) is 0 Å². The lowest BCUT2D eigenvalue weighted by Gasteiger charge is -1.96. The first-order valence-corrected chi connectivity index (χ1v) is 3.28. The third kappa shape index (κ3) is 1.12. The van der Waals surface area contributed by atoms with Crippen molar-refractivity contribution in [2.24, 2.45) is 0 Å². The zero-order chi connectivity index (χ0) is 7.52. The van der Waals surface area contributed by atoms with Crippen LogP contribution in [0.5, 0.6) is 0 Å². The fourth-order valence-corrected chi connectivity index (χ4v) is 0.869. The maximum Gasteiger partial charge on any atom is 0.181 e. The molecule has 0 amide bonds. The summed E-state index contributed by atoms with van der Waals surface area (Å²) in [5, 5.41) is 0. The third-order valence-corrected chi connectivity index (χ3v) is 1.38. The minimum atomic E-state index is 0.977. The first kappa shape index (κ1) is 6.09. The molecule has 2 aromatic rings. The van der Waals surface area contributed by atoms with Gasteiger partial charge in [0.1, 0.15) is 0 Å². The third-order valence-electron chi connectivity index (χ3n) is 1.38. The molecule has 0 atom stereocenters. The van der Waals surface area contributed by atoms with Crippen LogP contribution in [-0.4, -0.2) is 14.5 Å². The number of hydrogen-bond donors (Lipinski definition) is 0. The van der Waals surface area contributed by atoms with E-state index in [4.69, 9.17) is 0 Å². The van der Waals surface area contributed by atoms with Crippen LogP contribution in [0.1, 0.15) is 0 Å². The Hall–Kier alpha value is -1.64. The van der Waals surface area contributed by atoms with Gasteiger partial charge in [-0.3, -0.25) is 9.55 Å². The van der Waals surface area contributed by atoms with Gasteiger partial charge in [-0.15, -0.1) is 0 Å². The highest BCUT2D eigenvalue weighted by molar-refractivity contribution is 5.26. The Morgan fingerprint density at radius 3 is 3.00 bits per heavy atom. The molecule has 3 heteroatoms. The average molecular weight is 144 g/mol. The second-order valence-electron chi connectivity index (χ2n) is 2.11. The van der Waals surface area contributed by atoms with Gasteiger partial charge in [-0.1, -0.05) is 0 Å². The van der Waals surface area contributed by atoms with Crippen molar-refractivity contribution in [3.63, 3.8) is 0 Å². The van der Waals surface area contributed by atoms with Gasteiger partial charge in [-0.25, -0.2) is 4.98 Å². The summed E-state index contributed by atoms with van der Waals surface area (Å²) >= 11 is 0. The van der Waals surface area contributed by atoms with Gasteiger partial charge in [0.2, 0.25) is 0 Å². The topological polar surface area (TPSA) is 30.7 Å². The van der Waals surface area contributed by atoms with E-state index in [1.165, 1.54) is 0 Å². The summed E-state index contributed by atoms with van der Waals surface area (Å²) in [6.07, 6.45) is 9.80. The average Bonchev–Trinajstić information content (AvgIpc) is 2.58. The van der Waals surface area contributed by atoms with Gasteiger partial charge in [0.25, 0.3) is 0 Å². The molecule has 0 aromatic carbocycles. The number of hydrogen-bond acceptors (Lipinski definition) is 2. The van der Waals surface area contributed by atoms with Crippen molar-refractivity contribution in [1.82, 2.24) is 14.5 Å². The fraction of sp³-hybridized carbons (Fsp3) is 0. The summed E-state index contributed by atoms with van der Waals surface area (Å²) in [6.45, 7) is 0. The lowest BCUT2D eigenvalue weighted by atomic mass is 10.4. The van der Waals surface area contributed by atoms with Crippen LogP contribution >= 0.6 is 0 Å². The van der Waals surface area contributed by atoms with Crippen molar-refractivity contribution in [2.45, 2.75) is 0 Å². The normalized spacial score (nSPS) is 9.82. The van der Waals surface area contributed by atoms with Crippen molar-refractivity contribution in [1.29, 1.82) is 0 Å². The molecule has 2 heterocycles. The highest BCUT2D eigenvalue weighted by Gasteiger charge is 1.91. The smallest absolute Gasteiger partial charge is 0.181 e. The minimum absolute atomic E-state index is 0.977. The van der Waals surface area contributed by atoms with Gasteiger partial charge in [0.05, 0.1) is 11.9 Å². The number of rotatable bonds is 1. The number of pyridine rings is 1. The number of aromatic nitrogens is 3. The Morgan fingerprint density at radius 2 is 2.36 bits per heavy atom. The molecule has 0 aliphatic heterocycles. The van der Waals surface area contributed by atoms with Gasteiger partial charge >= 0.3 is 0 Å². The molecule has 1 radical (unpaired) electrons. The van der Waals surface area contributed by atoms with Crippen LogP contribution in [0.3, 0.4) is 0 Å². The predicted molar refractivity (Wildman–Crippen MR) is 40.2 cm³/mol. The van der Waals surface area contributed by atoms with E-state index in [-0.39, 0.29) is 0 Å². The Bertz CT molecular complexity index is 312. The van der Waals surface area contributed by atoms with E-state index in [1.807, 2.05) is 18.3 Å². The zero-order valence-electron chi connectivity index (χ0n) is 5.81. The summed E-state index contributed by atoms with van der Waals surface area (Å²) in [7, 11) is 0. The fourth-order valence-electron chi connectivity index (χ4n) is 0.869. The quantitative estimate of drug-likeness (QED) is 0.599. The molecule has 0 aliphatic carbocycles. The van der Waals surface area contributed by atoms with E-state index >= 15 is 0 Å². The van der Waals surface area contributed by atoms with Crippen LogP contribution in [0, 0.1) is 6.33 Å². The molecule has 11 heavy (non-hydrogen) atoms. The molecule has 0 aliphatic rings. The van der Waals surface area contributed by atoms with Gasteiger partial charge in [-0.05, 0) is 12.1 Å². The largest absolute Gasteiger partial charge is 0.296 e. The molecule has 53 valence electrons. The van der Waals surface area contributed by atoms with Gasteiger partial charge in [0, 0.05) is 18.6 Å². The maximum atomic E-state index is 3.97. The van der Waals surface area contributed by atoms with Crippen molar-refractivity contribution in [3.8, 4) is 5.69 Å². The van der Waals surface area contributed by atoms with E-state index < -0.39 is 0 Å². The molecule has 0 bridgehead atoms. The van der Waals surface area contributed by atoms with Crippen molar-refractivity contribution in [3.05, 3.63) is 43.2 Å². The predicted octanol–water partition coefficient (Wildman–Crippen LogP) is 1.07. The zero-order valence-corrected chi connectivity index (χ0v) is 5.81. The Labute approximate surface area is 64.3 Å². The molecule has 0 saturated carbocycles. The lowest BCUT2D eigenvalue weighted by molar-refractivity contribution is 1.03. The van der Waals surface area contributed by atoms with Gasteiger partial charge in [0.15, 0.2) is 6.33 Å². The molecule has 0 fully saturated rings. The van der Waals surface area contributed by atoms with Crippen LogP contribution < -0.4 is 0 Å². The summed E-state index contributed by atoms with van der Waals surface area (Å²) in [4.78, 5) is 7.78. The van der Waals surface area contributed by atoms with E-state index in [0.29, 0.717) is 0 Å². The van der Waals surface area contributed by atoms with Crippen molar-refractivity contribution < 1.29 is 0 Å². The van der Waals surface area contributed by atoms with E-state index in [1.54, 1.807) is 23.2 Å². The molecule has 0 N–H and O–H groups in total. The summed E-state index contributed by atoms with van der Waals surface area (Å²) < 4.78 is 1.78. The van der Waals surface area contributed by atoms with Crippen LogP contribution in [0.25, 0.3) is 5.69 Å². The Morgan fingerprint density at radius 1 is 1.36 bits per heavy atom. The van der Waals surface area contributed by atoms with Crippen LogP contribution in [-0.2, 0) is 0 Å². The van der Waals surface area contributed by atoms with Crippen molar-refractivity contribution in [2.75, 3.05) is 0 Å². The molecule has 2 aromatic heterocycles. The molecular formula is C8H6N3. The van der Waals surface area contributed by atoms with E-state index in [0.717, 1.165) is 5.69 Å². The summed E-state index contributed by atoms with van der Waals surface area (Å²) in [6, 6.07) is 3.83. The van der Waals surface area contributed by atoms with Crippen LogP contribution in [0.4, 0.5) is 0 Å². The van der Waals surface area contributed by atoms with E-state index in [2.05, 4.69) is 16.3 Å². The maximum absolute atomic E-state index is 3.97. The monoisotopic (exact) mass is 144 g/mol. The summed E-state index contributed by atoms with van der Waals surface area (Å²) in [5.41, 5.74) is 0.977. The molecule has 0 saturated heterocycles. The minimum Gasteiger partial charge on any atom is -0.296 e. The van der Waals surface area contributed by atoms with Gasteiger partial charge < -0.3 is 0 Å². The Balaban J connectivity index is 2.46. The molecule has 0 spiro atoms.